The molecule has 0 saturated carbocycles. The zero-order chi connectivity index (χ0) is 25.3. The Morgan fingerprint density at radius 3 is 2.44 bits per heavy atom. The second-order valence-corrected chi connectivity index (χ2v) is 9.20. The van der Waals surface area contributed by atoms with Crippen molar-refractivity contribution in [2.24, 2.45) is 0 Å². The average Bonchev–Trinajstić information content (AvgIpc) is 3.41. The number of carbonyl (C=O) groups is 3. The van der Waals surface area contributed by atoms with Crippen LogP contribution in [0.3, 0.4) is 0 Å². The lowest BCUT2D eigenvalue weighted by molar-refractivity contribution is -0.134. The van der Waals surface area contributed by atoms with Gasteiger partial charge < -0.3 is 15.6 Å². The number of nitrogens with one attached hydrogen (secondary N) is 3. The van der Waals surface area contributed by atoms with Gasteiger partial charge in [-0.25, -0.2) is 4.79 Å². The molecule has 5 rings (SSSR count). The van der Waals surface area contributed by atoms with Crippen LogP contribution >= 0.6 is 0 Å². The maximum atomic E-state index is 13.8. The van der Waals surface area contributed by atoms with Crippen LogP contribution in [0.1, 0.15) is 27.8 Å². The summed E-state index contributed by atoms with van der Waals surface area (Å²) in [6.45, 7) is 4.01. The van der Waals surface area contributed by atoms with Gasteiger partial charge in [-0.3, -0.25) is 14.5 Å². The first kappa shape index (κ1) is 23.4. The van der Waals surface area contributed by atoms with Gasteiger partial charge in [-0.05, 0) is 54.2 Å². The number of carbonyl (C=O) groups excluding carboxylic acids is 3. The van der Waals surface area contributed by atoms with Crippen LogP contribution in [-0.4, -0.2) is 40.8 Å². The summed E-state index contributed by atoms with van der Waals surface area (Å²) in [5.74, 6) is -0.851. The predicted octanol–water partition coefficient (Wildman–Crippen LogP) is 3.94. The van der Waals surface area contributed by atoms with Gasteiger partial charge in [0.25, 0.3) is 5.91 Å². The van der Waals surface area contributed by atoms with E-state index in [1.54, 1.807) is 0 Å². The number of aromatic amines is 1. The van der Waals surface area contributed by atoms with Crippen molar-refractivity contribution >= 4 is 28.7 Å². The summed E-state index contributed by atoms with van der Waals surface area (Å²) in [4.78, 5) is 43.9. The molecule has 3 aromatic carbocycles. The Labute approximate surface area is 209 Å². The lowest BCUT2D eigenvalue weighted by Gasteiger charge is -2.28. The van der Waals surface area contributed by atoms with Crippen molar-refractivity contribution in [1.82, 2.24) is 20.5 Å². The predicted molar refractivity (Wildman–Crippen MR) is 138 cm³/mol. The summed E-state index contributed by atoms with van der Waals surface area (Å²) in [5, 5.41) is 6.87. The minimum atomic E-state index is -1.39. The van der Waals surface area contributed by atoms with E-state index in [2.05, 4.69) is 15.6 Å². The third kappa shape index (κ3) is 4.02. The zero-order valence-electron chi connectivity index (χ0n) is 20.3. The van der Waals surface area contributed by atoms with E-state index >= 15 is 0 Å². The smallest absolute Gasteiger partial charge is 0.326 e. The standard InChI is InChI=1S/C29H28N4O3/c1-19-12-13-23(16-20(19)2)29(22-8-4-3-5-9-22)27(35)33(28(36)32-29)18-26(34)30-15-14-21-17-31-25-11-7-6-10-24(21)25/h3-13,16-17,31H,14-15,18H2,1-2H3,(H,30,34)(H,32,36)/t29-/m1/s1. The SMILES string of the molecule is Cc1ccc([C@@]2(c3ccccc3)NC(=O)N(CC(=O)NCCc3c[nH]c4ccccc34)C2=O)cc1C. The molecule has 0 bridgehead atoms. The Morgan fingerprint density at radius 2 is 1.67 bits per heavy atom. The molecule has 1 fully saturated rings. The van der Waals surface area contributed by atoms with Crippen LogP contribution < -0.4 is 10.6 Å². The second kappa shape index (κ2) is 9.34. The van der Waals surface area contributed by atoms with E-state index in [4.69, 9.17) is 0 Å². The van der Waals surface area contributed by atoms with Crippen LogP contribution in [0.25, 0.3) is 10.9 Å². The van der Waals surface area contributed by atoms with Gasteiger partial charge in [0.15, 0.2) is 5.54 Å². The van der Waals surface area contributed by atoms with E-state index in [0.717, 1.165) is 32.5 Å². The first-order valence-electron chi connectivity index (χ1n) is 12.0. The van der Waals surface area contributed by atoms with Crippen molar-refractivity contribution in [1.29, 1.82) is 0 Å². The van der Waals surface area contributed by atoms with Gasteiger partial charge in [0.05, 0.1) is 0 Å². The molecule has 4 amide bonds. The highest BCUT2D eigenvalue weighted by molar-refractivity contribution is 6.11. The van der Waals surface area contributed by atoms with Crippen molar-refractivity contribution in [3.63, 3.8) is 0 Å². The maximum absolute atomic E-state index is 13.8. The molecule has 2 heterocycles. The first-order valence-corrected chi connectivity index (χ1v) is 12.0. The summed E-state index contributed by atoms with van der Waals surface area (Å²) < 4.78 is 0. The largest absolute Gasteiger partial charge is 0.361 e. The molecule has 3 N–H and O–H groups in total. The Balaban J connectivity index is 1.34. The molecule has 1 atom stereocenters. The van der Waals surface area contributed by atoms with Crippen LogP contribution in [0.15, 0.2) is 79.0 Å². The van der Waals surface area contributed by atoms with Crippen molar-refractivity contribution in [3.8, 4) is 0 Å². The molecule has 0 aliphatic carbocycles. The highest BCUT2D eigenvalue weighted by atomic mass is 16.2. The maximum Gasteiger partial charge on any atom is 0.326 e. The number of para-hydroxylation sites is 1. The quantitative estimate of drug-likeness (QED) is 0.350. The summed E-state index contributed by atoms with van der Waals surface area (Å²) in [6, 6.07) is 22.3. The highest BCUT2D eigenvalue weighted by Crippen LogP contribution is 2.36. The van der Waals surface area contributed by atoms with E-state index in [0.29, 0.717) is 24.1 Å². The van der Waals surface area contributed by atoms with E-state index in [1.807, 2.05) is 92.8 Å². The highest BCUT2D eigenvalue weighted by Gasteiger charge is 2.54. The Morgan fingerprint density at radius 1 is 0.917 bits per heavy atom. The number of aryl methyl sites for hydroxylation is 2. The molecule has 4 aromatic rings. The third-order valence-corrected chi connectivity index (χ3v) is 6.95. The lowest BCUT2D eigenvalue weighted by atomic mass is 9.81. The van der Waals surface area contributed by atoms with Gasteiger partial charge in [-0.1, -0.05) is 66.7 Å². The van der Waals surface area contributed by atoms with Crippen LogP contribution in [0.4, 0.5) is 4.79 Å². The Kier molecular flexibility index (Phi) is 6.06. The number of urea groups is 1. The number of hydrogen-bond donors (Lipinski definition) is 3. The topological polar surface area (TPSA) is 94.3 Å². The van der Waals surface area contributed by atoms with Gasteiger partial charge in [0, 0.05) is 23.6 Å². The van der Waals surface area contributed by atoms with Crippen LogP contribution in [0.2, 0.25) is 0 Å². The summed E-state index contributed by atoms with van der Waals surface area (Å²) in [5.41, 5.74) is 4.16. The number of nitrogens with zero attached hydrogens (tertiary/aromatic N) is 1. The Bertz CT molecular complexity index is 1460. The monoisotopic (exact) mass is 480 g/mol. The molecule has 182 valence electrons. The Hall–Kier alpha value is -4.39. The minimum absolute atomic E-state index is 0.349. The zero-order valence-corrected chi connectivity index (χ0v) is 20.3. The number of H-pyrrole nitrogens is 1. The van der Waals surface area contributed by atoms with Gasteiger partial charge >= 0.3 is 6.03 Å². The van der Waals surface area contributed by atoms with Crippen molar-refractivity contribution < 1.29 is 14.4 Å². The molecule has 1 aromatic heterocycles. The third-order valence-electron chi connectivity index (χ3n) is 6.95. The van der Waals surface area contributed by atoms with Gasteiger partial charge in [-0.15, -0.1) is 0 Å². The molecule has 1 aliphatic rings. The van der Waals surface area contributed by atoms with E-state index < -0.39 is 17.5 Å². The fourth-order valence-electron chi connectivity index (χ4n) is 4.81. The van der Waals surface area contributed by atoms with Gasteiger partial charge in [0.1, 0.15) is 6.54 Å². The molecule has 0 spiro atoms. The number of fused-ring (bicyclic) bond motifs is 1. The molecule has 7 heteroatoms. The fraction of sp³-hybridized carbons (Fsp3) is 0.207. The van der Waals surface area contributed by atoms with E-state index in [-0.39, 0.29) is 12.5 Å². The van der Waals surface area contributed by atoms with Crippen molar-refractivity contribution in [2.45, 2.75) is 25.8 Å². The number of rotatable bonds is 7. The minimum Gasteiger partial charge on any atom is -0.361 e. The molecular weight excluding hydrogens is 452 g/mol. The first-order chi connectivity index (χ1) is 17.4. The lowest BCUT2D eigenvalue weighted by Crippen LogP contribution is -2.46. The van der Waals surface area contributed by atoms with E-state index in [9.17, 15) is 14.4 Å². The average molecular weight is 481 g/mol. The van der Waals surface area contributed by atoms with Crippen LogP contribution in [0, 0.1) is 13.8 Å². The van der Waals surface area contributed by atoms with Crippen LogP contribution in [0.5, 0.6) is 0 Å². The molecule has 1 aliphatic heterocycles. The van der Waals surface area contributed by atoms with Crippen molar-refractivity contribution in [2.75, 3.05) is 13.1 Å². The molecule has 7 nitrogen and oxygen atoms in total. The van der Waals surface area contributed by atoms with E-state index in [1.165, 1.54) is 0 Å². The summed E-state index contributed by atoms with van der Waals surface area (Å²) in [7, 11) is 0. The van der Waals surface area contributed by atoms with Crippen LogP contribution in [-0.2, 0) is 21.5 Å². The number of aromatic nitrogens is 1. The summed E-state index contributed by atoms with van der Waals surface area (Å²) >= 11 is 0. The fourth-order valence-corrected chi connectivity index (χ4v) is 4.81. The molecular formula is C29H28N4O3. The number of imide groups is 1. The number of hydrogen-bond acceptors (Lipinski definition) is 3. The second-order valence-electron chi connectivity index (χ2n) is 9.20. The van der Waals surface area contributed by atoms with Crippen molar-refractivity contribution in [3.05, 3.63) is 107 Å². The molecule has 1 saturated heterocycles. The molecule has 0 unspecified atom stereocenters. The normalized spacial score (nSPS) is 17.4. The molecule has 0 radical (unpaired) electrons. The molecule has 36 heavy (non-hydrogen) atoms. The number of benzene rings is 3. The van der Waals surface area contributed by atoms with Gasteiger partial charge in [0.2, 0.25) is 5.91 Å². The number of amides is 4. The van der Waals surface area contributed by atoms with Gasteiger partial charge in [-0.2, -0.15) is 0 Å². The summed E-state index contributed by atoms with van der Waals surface area (Å²) in [6.07, 6.45) is 2.57.